The van der Waals surface area contributed by atoms with Gasteiger partial charge in [0.1, 0.15) is 18.3 Å². The van der Waals surface area contributed by atoms with Gasteiger partial charge in [-0.2, -0.15) is 0 Å². The van der Waals surface area contributed by atoms with Crippen molar-refractivity contribution in [2.75, 3.05) is 0 Å². The number of carbonyl (C=O) groups excluding carboxylic acids is 2. The van der Waals surface area contributed by atoms with Crippen molar-refractivity contribution in [1.82, 2.24) is 0 Å². The maximum Gasteiger partial charge on any atom is 0.334 e. The molecule has 1 saturated heterocycles. The molecule has 0 amide bonds. The molecule has 0 saturated carbocycles. The van der Waals surface area contributed by atoms with Crippen molar-refractivity contribution in [3.05, 3.63) is 23.8 Å². The smallest absolute Gasteiger partial charge is 0.334 e. The Kier molecular flexibility index (Phi) is 14.9. The zero-order chi connectivity index (χ0) is 36.0. The molecule has 0 N–H and O–H groups in total. The number of hydrogen-bond acceptors (Lipinski definition) is 6. The SMILES string of the molecule is CCCCC(CCCC)C(=O)O[C@H]1C[C@H](C(C)(C)C)C=C2C=C[C@H](C)[C@](CC[C@@H]3C[C@H](C(C)(C)C)C(O[SiH](C)C)C(=O)O3)(O[SiH](C)C)[C@H]21. The molecule has 0 aromatic heterocycles. The second-order valence-electron chi connectivity index (χ2n) is 18.0. The van der Waals surface area contributed by atoms with Gasteiger partial charge in [-0.05, 0) is 87.0 Å². The van der Waals surface area contributed by atoms with Gasteiger partial charge in [0.05, 0.1) is 11.5 Å². The lowest BCUT2D eigenvalue weighted by Crippen LogP contribution is -2.58. The highest BCUT2D eigenvalue weighted by Crippen LogP contribution is 2.53. The van der Waals surface area contributed by atoms with Crippen LogP contribution in [0.5, 0.6) is 0 Å². The van der Waals surface area contributed by atoms with E-state index in [1.54, 1.807) is 0 Å². The molecule has 8 atom stereocenters. The minimum atomic E-state index is -1.56. The molecule has 0 radical (unpaired) electrons. The molecule has 0 spiro atoms. The van der Waals surface area contributed by atoms with Gasteiger partial charge in [0, 0.05) is 17.8 Å². The first-order valence-corrected chi connectivity index (χ1v) is 25.0. The first-order valence-electron chi connectivity index (χ1n) is 19.5. The molecular weight excluding hydrogens is 633 g/mol. The average Bonchev–Trinajstić information content (AvgIpc) is 2.97. The quantitative estimate of drug-likeness (QED) is 0.125. The summed E-state index contributed by atoms with van der Waals surface area (Å²) in [6.07, 6.45) is 15.2. The predicted molar refractivity (Wildman–Crippen MR) is 203 cm³/mol. The van der Waals surface area contributed by atoms with Gasteiger partial charge in [-0.1, -0.05) is 106 Å². The van der Waals surface area contributed by atoms with Gasteiger partial charge < -0.3 is 18.3 Å². The van der Waals surface area contributed by atoms with Crippen molar-refractivity contribution < 1.29 is 27.9 Å². The average molecular weight is 705 g/mol. The summed E-state index contributed by atoms with van der Waals surface area (Å²) in [6.45, 7) is 28.9. The minimum absolute atomic E-state index is 0.0253. The summed E-state index contributed by atoms with van der Waals surface area (Å²) in [6, 6.07) is 0. The number of unbranched alkanes of at least 4 members (excludes halogenated alkanes) is 2. The third-order valence-corrected chi connectivity index (χ3v) is 13.0. The van der Waals surface area contributed by atoms with Crippen LogP contribution in [0.3, 0.4) is 0 Å². The summed E-state index contributed by atoms with van der Waals surface area (Å²) in [5, 5.41) is 0. The standard InChI is InChI=1S/C40H72O6Si2/c1-14-16-18-28(19-17-15-2)36(41)44-33-25-30(38(4,5)6)24-29-21-20-27(3)40(34(29)33,46-48(12)13)23-22-31-26-32(39(7,8)9)35(37(42)43-31)45-47(10)11/h20-21,24,27-28,30-35,47-48H,14-19,22-23,25-26H2,1-13H3/t27-,30+,31+,32-,33-,34+,35?,40-/m0/s1. The number of rotatable bonds is 15. The molecule has 0 bridgehead atoms. The number of fused-ring (bicyclic) bond motifs is 1. The minimum Gasteiger partial charge on any atom is -0.461 e. The van der Waals surface area contributed by atoms with Crippen LogP contribution in [0.2, 0.25) is 26.2 Å². The van der Waals surface area contributed by atoms with Crippen LogP contribution < -0.4 is 0 Å². The van der Waals surface area contributed by atoms with Crippen LogP contribution in [0.25, 0.3) is 0 Å². The maximum atomic E-state index is 14.1. The van der Waals surface area contributed by atoms with Gasteiger partial charge in [-0.3, -0.25) is 4.79 Å². The Morgan fingerprint density at radius 1 is 0.979 bits per heavy atom. The van der Waals surface area contributed by atoms with E-state index in [0.717, 1.165) is 57.8 Å². The Balaban J connectivity index is 2.02. The van der Waals surface area contributed by atoms with Crippen LogP contribution in [-0.4, -0.2) is 53.9 Å². The molecular formula is C40H72O6Si2. The normalized spacial score (nSPS) is 31.2. The summed E-state index contributed by atoms with van der Waals surface area (Å²) >= 11 is 0. The summed E-state index contributed by atoms with van der Waals surface area (Å²) < 4.78 is 26.5. The number of esters is 2. The third-order valence-electron chi connectivity index (χ3n) is 11.3. The lowest BCUT2D eigenvalue weighted by Gasteiger charge is -2.54. The monoisotopic (exact) mass is 704 g/mol. The van der Waals surface area contributed by atoms with Crippen LogP contribution in [-0.2, 0) is 27.9 Å². The largest absolute Gasteiger partial charge is 0.461 e. The highest BCUT2D eigenvalue weighted by atomic mass is 28.3. The molecule has 8 heteroatoms. The van der Waals surface area contributed by atoms with E-state index >= 15 is 0 Å². The number of allylic oxidation sites excluding steroid dienone is 2. The molecule has 6 nitrogen and oxygen atoms in total. The van der Waals surface area contributed by atoms with Gasteiger partial charge in [0.25, 0.3) is 0 Å². The molecule has 3 aliphatic rings. The van der Waals surface area contributed by atoms with Gasteiger partial charge in [-0.25, -0.2) is 4.79 Å². The highest BCUT2D eigenvalue weighted by molar-refractivity contribution is 6.48. The van der Waals surface area contributed by atoms with Crippen molar-refractivity contribution in [3.63, 3.8) is 0 Å². The highest BCUT2D eigenvalue weighted by Gasteiger charge is 2.55. The Morgan fingerprint density at radius 3 is 2.12 bits per heavy atom. The zero-order valence-electron chi connectivity index (χ0n) is 33.0. The molecule has 0 aromatic carbocycles. The maximum absolute atomic E-state index is 14.1. The molecule has 2 aliphatic carbocycles. The Hall–Kier alpha value is -1.23. The first-order chi connectivity index (χ1) is 22.3. The van der Waals surface area contributed by atoms with Crippen LogP contribution in [0.1, 0.15) is 127 Å². The van der Waals surface area contributed by atoms with Crippen LogP contribution in [0.15, 0.2) is 23.8 Å². The Labute approximate surface area is 298 Å². The fourth-order valence-electron chi connectivity index (χ4n) is 8.44. The molecule has 0 aromatic rings. The van der Waals surface area contributed by atoms with Crippen molar-refractivity contribution in [1.29, 1.82) is 0 Å². The fraction of sp³-hybridized carbons (Fsp3) is 0.850. The molecule has 1 unspecified atom stereocenters. The molecule has 1 heterocycles. The summed E-state index contributed by atoms with van der Waals surface area (Å²) in [4.78, 5) is 27.6. The lowest BCUT2D eigenvalue weighted by atomic mass is 9.59. The number of carbonyl (C=O) groups is 2. The lowest BCUT2D eigenvalue weighted by molar-refractivity contribution is -0.179. The second kappa shape index (κ2) is 17.3. The van der Waals surface area contributed by atoms with Gasteiger partial charge >= 0.3 is 11.9 Å². The molecule has 48 heavy (non-hydrogen) atoms. The van der Waals surface area contributed by atoms with E-state index in [9.17, 15) is 9.59 Å². The zero-order valence-corrected chi connectivity index (χ0v) is 35.3. The van der Waals surface area contributed by atoms with Crippen molar-refractivity contribution in [3.8, 4) is 0 Å². The van der Waals surface area contributed by atoms with Crippen LogP contribution >= 0.6 is 0 Å². The predicted octanol–water partition coefficient (Wildman–Crippen LogP) is 9.57. The van der Waals surface area contributed by atoms with Gasteiger partial charge in [0.15, 0.2) is 18.1 Å². The number of cyclic esters (lactones) is 1. The van der Waals surface area contributed by atoms with Gasteiger partial charge in [-0.15, -0.1) is 0 Å². The van der Waals surface area contributed by atoms with Crippen molar-refractivity contribution in [2.45, 2.75) is 177 Å². The second-order valence-corrected chi connectivity index (χ2v) is 22.7. The van der Waals surface area contributed by atoms with Crippen molar-refractivity contribution in [2.24, 2.45) is 40.4 Å². The van der Waals surface area contributed by atoms with E-state index in [-0.39, 0.29) is 64.6 Å². The van der Waals surface area contributed by atoms with Crippen LogP contribution in [0.4, 0.5) is 0 Å². The molecule has 3 rings (SSSR count). The van der Waals surface area contributed by atoms with E-state index in [4.69, 9.17) is 18.3 Å². The molecule has 1 aliphatic heterocycles. The van der Waals surface area contributed by atoms with E-state index < -0.39 is 29.8 Å². The van der Waals surface area contributed by atoms with Gasteiger partial charge in [0.2, 0.25) is 0 Å². The van der Waals surface area contributed by atoms with Crippen molar-refractivity contribution >= 4 is 30.0 Å². The van der Waals surface area contributed by atoms with E-state index in [0.29, 0.717) is 6.42 Å². The summed E-state index contributed by atoms with van der Waals surface area (Å²) in [7, 11) is -2.99. The fourth-order valence-corrected chi connectivity index (χ4v) is 10.7. The molecule has 276 valence electrons. The molecule has 1 fully saturated rings. The Morgan fingerprint density at radius 2 is 1.60 bits per heavy atom. The van der Waals surface area contributed by atoms with E-state index in [1.165, 1.54) is 5.57 Å². The first kappa shape index (κ1) is 41.2. The van der Waals surface area contributed by atoms with Crippen LogP contribution in [0, 0.1) is 40.4 Å². The van der Waals surface area contributed by atoms with E-state index in [1.807, 2.05) is 0 Å². The summed E-state index contributed by atoms with van der Waals surface area (Å²) in [5.74, 6) is 0.147. The summed E-state index contributed by atoms with van der Waals surface area (Å²) in [5.41, 5.74) is 0.654. The number of ether oxygens (including phenoxy) is 2. The third kappa shape index (κ3) is 10.4. The topological polar surface area (TPSA) is 71.1 Å². The Bertz CT molecular complexity index is 1110. The van der Waals surface area contributed by atoms with E-state index in [2.05, 4.69) is 107 Å². The number of hydrogen-bond donors (Lipinski definition) is 0.